The Balaban J connectivity index is 1.82. The molecule has 0 aliphatic carbocycles. The van der Waals surface area contributed by atoms with Crippen molar-refractivity contribution in [3.8, 4) is 0 Å². The highest BCUT2D eigenvalue weighted by Crippen LogP contribution is 2.11. The van der Waals surface area contributed by atoms with Gasteiger partial charge in [0.25, 0.3) is 0 Å². The van der Waals surface area contributed by atoms with Crippen LogP contribution in [0, 0.1) is 0 Å². The Bertz CT molecular complexity index is 473. The Kier molecular flexibility index (Phi) is 3.94. The number of nitrogens with two attached hydrogens (primary N) is 1. The molecule has 0 unspecified atom stereocenters. The average Bonchev–Trinajstić information content (AvgIpc) is 2.81. The summed E-state index contributed by atoms with van der Waals surface area (Å²) in [5, 5.41) is 4.03. The van der Waals surface area contributed by atoms with E-state index in [9.17, 15) is 4.79 Å². The van der Waals surface area contributed by atoms with Crippen molar-refractivity contribution >= 4 is 22.8 Å². The van der Waals surface area contributed by atoms with Gasteiger partial charge in [0.1, 0.15) is 5.78 Å². The maximum Gasteiger partial charge on any atom is 0.137 e. The van der Waals surface area contributed by atoms with E-state index in [1.54, 1.807) is 11.3 Å². The van der Waals surface area contributed by atoms with Gasteiger partial charge in [0, 0.05) is 18.5 Å². The summed E-state index contributed by atoms with van der Waals surface area (Å²) in [6.07, 6.45) is 1.95. The van der Waals surface area contributed by atoms with E-state index in [4.69, 9.17) is 5.73 Å². The van der Waals surface area contributed by atoms with Gasteiger partial charge in [-0.3, -0.25) is 4.79 Å². The lowest BCUT2D eigenvalue weighted by atomic mass is 10.0. The van der Waals surface area contributed by atoms with Crippen molar-refractivity contribution in [2.24, 2.45) is 0 Å². The van der Waals surface area contributed by atoms with Crippen LogP contribution in [-0.4, -0.2) is 5.78 Å². The van der Waals surface area contributed by atoms with Gasteiger partial charge in [-0.25, -0.2) is 0 Å². The fourth-order valence-electron chi connectivity index (χ4n) is 1.68. The number of anilines is 1. The summed E-state index contributed by atoms with van der Waals surface area (Å²) >= 11 is 1.63. The lowest BCUT2D eigenvalue weighted by Gasteiger charge is -2.01. The van der Waals surface area contributed by atoms with Gasteiger partial charge < -0.3 is 5.73 Å². The highest BCUT2D eigenvalue weighted by atomic mass is 32.1. The number of carbonyl (C=O) groups is 1. The summed E-state index contributed by atoms with van der Waals surface area (Å²) in [4.78, 5) is 11.7. The zero-order chi connectivity index (χ0) is 12.1. The molecular formula is C14H15NOS. The minimum atomic E-state index is 0.292. The van der Waals surface area contributed by atoms with E-state index in [1.807, 2.05) is 41.1 Å². The largest absolute Gasteiger partial charge is 0.399 e. The number of benzene rings is 1. The molecule has 0 saturated carbocycles. The van der Waals surface area contributed by atoms with E-state index in [0.29, 0.717) is 18.6 Å². The maximum atomic E-state index is 11.7. The van der Waals surface area contributed by atoms with E-state index in [-0.39, 0.29) is 0 Å². The first-order valence-corrected chi connectivity index (χ1v) is 6.55. The van der Waals surface area contributed by atoms with Gasteiger partial charge in [-0.2, -0.15) is 11.3 Å². The van der Waals surface area contributed by atoms with E-state index >= 15 is 0 Å². The quantitative estimate of drug-likeness (QED) is 0.823. The van der Waals surface area contributed by atoms with Crippen LogP contribution in [0.5, 0.6) is 0 Å². The van der Waals surface area contributed by atoms with Crippen LogP contribution >= 0.6 is 11.3 Å². The van der Waals surface area contributed by atoms with Crippen molar-refractivity contribution in [3.05, 3.63) is 52.2 Å². The van der Waals surface area contributed by atoms with Crippen molar-refractivity contribution in [3.63, 3.8) is 0 Å². The van der Waals surface area contributed by atoms with E-state index in [1.165, 1.54) is 0 Å². The molecule has 2 aromatic rings. The molecule has 3 heteroatoms. The van der Waals surface area contributed by atoms with Crippen LogP contribution in [0.25, 0.3) is 0 Å². The highest BCUT2D eigenvalue weighted by molar-refractivity contribution is 7.07. The lowest BCUT2D eigenvalue weighted by Crippen LogP contribution is -2.03. The topological polar surface area (TPSA) is 43.1 Å². The van der Waals surface area contributed by atoms with Gasteiger partial charge in [-0.05, 0) is 46.5 Å². The van der Waals surface area contributed by atoms with Crippen molar-refractivity contribution in [2.45, 2.75) is 19.3 Å². The molecule has 2 N–H and O–H groups in total. The van der Waals surface area contributed by atoms with E-state index in [2.05, 4.69) is 0 Å². The minimum Gasteiger partial charge on any atom is -0.399 e. The zero-order valence-electron chi connectivity index (χ0n) is 9.56. The Morgan fingerprint density at radius 2 is 1.88 bits per heavy atom. The molecule has 1 aromatic heterocycles. The van der Waals surface area contributed by atoms with Crippen LogP contribution in [-0.2, 0) is 17.6 Å². The third-order valence-electron chi connectivity index (χ3n) is 2.65. The standard InChI is InChI=1S/C14H15NOS/c15-13-4-1-11(2-5-13)3-6-14(16)9-12-7-8-17-10-12/h1-2,4-5,7-8,10H,3,6,9,15H2. The summed E-state index contributed by atoms with van der Waals surface area (Å²) < 4.78 is 0. The van der Waals surface area contributed by atoms with Gasteiger partial charge in [0.2, 0.25) is 0 Å². The van der Waals surface area contributed by atoms with E-state index in [0.717, 1.165) is 23.2 Å². The number of carbonyl (C=O) groups excluding carboxylic acids is 1. The van der Waals surface area contributed by atoms with Gasteiger partial charge in [-0.15, -0.1) is 0 Å². The molecule has 0 radical (unpaired) electrons. The Morgan fingerprint density at radius 3 is 2.53 bits per heavy atom. The van der Waals surface area contributed by atoms with Crippen LogP contribution in [0.4, 0.5) is 5.69 Å². The first-order valence-electron chi connectivity index (χ1n) is 5.61. The summed E-state index contributed by atoms with van der Waals surface area (Å²) in [6.45, 7) is 0. The Labute approximate surface area is 105 Å². The van der Waals surface area contributed by atoms with Crippen LogP contribution in [0.3, 0.4) is 0 Å². The fourth-order valence-corrected chi connectivity index (χ4v) is 2.35. The Morgan fingerprint density at radius 1 is 1.12 bits per heavy atom. The number of ketones is 1. The minimum absolute atomic E-state index is 0.292. The molecule has 17 heavy (non-hydrogen) atoms. The van der Waals surface area contributed by atoms with Crippen molar-refractivity contribution < 1.29 is 4.79 Å². The number of hydrogen-bond donors (Lipinski definition) is 1. The molecule has 0 spiro atoms. The highest BCUT2D eigenvalue weighted by Gasteiger charge is 2.04. The molecule has 1 aromatic carbocycles. The third-order valence-corrected chi connectivity index (χ3v) is 3.39. The monoisotopic (exact) mass is 245 g/mol. The average molecular weight is 245 g/mol. The summed E-state index contributed by atoms with van der Waals surface area (Å²) in [5.74, 6) is 0.292. The van der Waals surface area contributed by atoms with E-state index < -0.39 is 0 Å². The van der Waals surface area contributed by atoms with Crippen LogP contribution in [0.1, 0.15) is 17.5 Å². The van der Waals surface area contributed by atoms with Gasteiger partial charge >= 0.3 is 0 Å². The predicted octanol–water partition coefficient (Wildman–Crippen LogP) is 3.07. The summed E-state index contributed by atoms with van der Waals surface area (Å²) in [6, 6.07) is 9.71. The van der Waals surface area contributed by atoms with Crippen molar-refractivity contribution in [1.29, 1.82) is 0 Å². The summed E-state index contributed by atoms with van der Waals surface area (Å²) in [7, 11) is 0. The van der Waals surface area contributed by atoms with Crippen molar-refractivity contribution in [1.82, 2.24) is 0 Å². The first-order chi connectivity index (χ1) is 8.24. The Hall–Kier alpha value is -1.61. The molecular weight excluding hydrogens is 230 g/mol. The maximum absolute atomic E-state index is 11.7. The fraction of sp³-hybridized carbons (Fsp3) is 0.214. The first kappa shape index (κ1) is 11.9. The molecule has 0 amide bonds. The third kappa shape index (κ3) is 3.71. The smallest absolute Gasteiger partial charge is 0.137 e. The normalized spacial score (nSPS) is 10.4. The predicted molar refractivity (Wildman–Crippen MR) is 72.2 cm³/mol. The SMILES string of the molecule is Nc1ccc(CCC(=O)Cc2ccsc2)cc1. The number of Topliss-reactive ketones (excluding diaryl/α,β-unsaturated/α-hetero) is 1. The van der Waals surface area contributed by atoms with Gasteiger partial charge in [-0.1, -0.05) is 12.1 Å². The van der Waals surface area contributed by atoms with Gasteiger partial charge in [0.15, 0.2) is 0 Å². The molecule has 0 bridgehead atoms. The molecule has 0 atom stereocenters. The number of hydrogen-bond acceptors (Lipinski definition) is 3. The lowest BCUT2D eigenvalue weighted by molar-refractivity contribution is -0.118. The summed E-state index contributed by atoms with van der Waals surface area (Å²) in [5.41, 5.74) is 8.66. The number of aryl methyl sites for hydroxylation is 1. The molecule has 0 saturated heterocycles. The molecule has 1 heterocycles. The number of rotatable bonds is 5. The molecule has 0 aliphatic heterocycles. The van der Waals surface area contributed by atoms with Crippen LogP contribution in [0.2, 0.25) is 0 Å². The zero-order valence-corrected chi connectivity index (χ0v) is 10.4. The van der Waals surface area contributed by atoms with Gasteiger partial charge in [0.05, 0.1) is 0 Å². The van der Waals surface area contributed by atoms with Crippen molar-refractivity contribution in [2.75, 3.05) is 5.73 Å². The molecule has 2 rings (SSSR count). The second-order valence-corrected chi connectivity index (χ2v) is 4.87. The second kappa shape index (κ2) is 5.64. The second-order valence-electron chi connectivity index (χ2n) is 4.09. The molecule has 2 nitrogen and oxygen atoms in total. The number of nitrogen functional groups attached to an aromatic ring is 1. The molecule has 88 valence electrons. The van der Waals surface area contributed by atoms with Crippen LogP contribution in [0.15, 0.2) is 41.1 Å². The van der Waals surface area contributed by atoms with Crippen LogP contribution < -0.4 is 5.73 Å². The number of thiophene rings is 1. The molecule has 0 fully saturated rings. The molecule has 0 aliphatic rings.